The molecule has 2 N–H and O–H groups in total. The average molecular weight is 487 g/mol. The number of unbranched alkanes of at least 4 members (excludes halogenated alkanes) is 1. The molecule has 6 nitrogen and oxygen atoms in total. The predicted octanol–water partition coefficient (Wildman–Crippen LogP) is 6.25. The zero-order valence-corrected chi connectivity index (χ0v) is 20.5. The van der Waals surface area contributed by atoms with E-state index in [1.807, 2.05) is 61.5 Å². The van der Waals surface area contributed by atoms with Gasteiger partial charge in [-0.05, 0) is 42.0 Å². The highest BCUT2D eigenvalue weighted by atomic mass is 32.2. The SMILES string of the molecule is CCCCC(=O)Nc1ccc(SC(C(=O)Nc2nc(SCC)ns2)c2ccccc2)cc1. The Morgan fingerprint density at radius 3 is 2.47 bits per heavy atom. The maximum atomic E-state index is 13.1. The van der Waals surface area contributed by atoms with E-state index in [0.29, 0.717) is 16.7 Å². The van der Waals surface area contributed by atoms with E-state index >= 15 is 0 Å². The summed E-state index contributed by atoms with van der Waals surface area (Å²) in [5.74, 6) is 0.746. The van der Waals surface area contributed by atoms with Gasteiger partial charge in [-0.1, -0.05) is 62.4 Å². The van der Waals surface area contributed by atoms with E-state index in [1.165, 1.54) is 23.3 Å². The van der Waals surface area contributed by atoms with Crippen LogP contribution >= 0.6 is 35.1 Å². The first-order valence-corrected chi connectivity index (χ1v) is 13.1. The van der Waals surface area contributed by atoms with Gasteiger partial charge in [0.15, 0.2) is 0 Å². The van der Waals surface area contributed by atoms with Gasteiger partial charge < -0.3 is 5.32 Å². The summed E-state index contributed by atoms with van der Waals surface area (Å²) in [7, 11) is 0. The molecule has 1 heterocycles. The summed E-state index contributed by atoms with van der Waals surface area (Å²) in [4.78, 5) is 30.4. The number of rotatable bonds is 11. The largest absolute Gasteiger partial charge is 0.326 e. The van der Waals surface area contributed by atoms with Crippen LogP contribution in [0.25, 0.3) is 0 Å². The first-order chi connectivity index (χ1) is 15.6. The summed E-state index contributed by atoms with van der Waals surface area (Å²) in [6, 6.07) is 17.2. The molecular formula is C23H26N4O2S3. The van der Waals surface area contributed by atoms with Crippen molar-refractivity contribution >= 4 is 57.7 Å². The van der Waals surface area contributed by atoms with Crippen molar-refractivity contribution in [1.82, 2.24) is 9.36 Å². The van der Waals surface area contributed by atoms with E-state index in [4.69, 9.17) is 0 Å². The third kappa shape index (κ3) is 7.36. The number of hydrogen-bond acceptors (Lipinski definition) is 7. The van der Waals surface area contributed by atoms with Gasteiger partial charge in [-0.25, -0.2) is 0 Å². The molecule has 2 amide bonds. The van der Waals surface area contributed by atoms with Crippen LogP contribution in [0.5, 0.6) is 0 Å². The summed E-state index contributed by atoms with van der Waals surface area (Å²) in [6.45, 7) is 4.10. The lowest BCUT2D eigenvalue weighted by Gasteiger charge is -2.16. The maximum Gasteiger partial charge on any atom is 0.244 e. The number of amides is 2. The maximum absolute atomic E-state index is 13.1. The van der Waals surface area contributed by atoms with Gasteiger partial charge in [0.25, 0.3) is 0 Å². The first kappa shape index (κ1) is 24.3. The molecule has 0 aliphatic rings. The van der Waals surface area contributed by atoms with Gasteiger partial charge >= 0.3 is 0 Å². The monoisotopic (exact) mass is 486 g/mol. The molecule has 0 saturated heterocycles. The molecule has 1 atom stereocenters. The Morgan fingerprint density at radius 2 is 1.78 bits per heavy atom. The van der Waals surface area contributed by atoms with Crippen molar-refractivity contribution in [2.45, 2.75) is 48.4 Å². The zero-order chi connectivity index (χ0) is 22.8. The number of nitrogens with one attached hydrogen (secondary N) is 2. The predicted molar refractivity (Wildman–Crippen MR) is 135 cm³/mol. The molecule has 0 saturated carbocycles. The Labute approximate surface area is 201 Å². The van der Waals surface area contributed by atoms with Gasteiger partial charge in [0.1, 0.15) is 5.25 Å². The number of nitrogens with zero attached hydrogens (tertiary/aromatic N) is 2. The summed E-state index contributed by atoms with van der Waals surface area (Å²) in [6.07, 6.45) is 2.38. The smallest absolute Gasteiger partial charge is 0.244 e. The van der Waals surface area contributed by atoms with Crippen LogP contribution in [0.2, 0.25) is 0 Å². The van der Waals surface area contributed by atoms with Crippen LogP contribution in [0, 0.1) is 0 Å². The molecule has 9 heteroatoms. The lowest BCUT2D eigenvalue weighted by atomic mass is 10.1. The van der Waals surface area contributed by atoms with Crippen LogP contribution in [0.4, 0.5) is 10.8 Å². The van der Waals surface area contributed by atoms with E-state index in [-0.39, 0.29) is 11.8 Å². The highest BCUT2D eigenvalue weighted by molar-refractivity contribution is 8.00. The van der Waals surface area contributed by atoms with Crippen LogP contribution in [-0.4, -0.2) is 26.9 Å². The van der Waals surface area contributed by atoms with Crippen LogP contribution in [0.3, 0.4) is 0 Å². The highest BCUT2D eigenvalue weighted by Crippen LogP contribution is 2.37. The van der Waals surface area contributed by atoms with Crippen molar-refractivity contribution in [3.05, 3.63) is 60.2 Å². The molecule has 0 radical (unpaired) electrons. The standard InChI is InChI=1S/C23H26N4O2S3/c1-3-5-11-19(28)24-17-12-14-18(15-13-17)31-20(16-9-7-6-8-10-16)21(29)25-22-26-23(27-32-22)30-4-2/h6-10,12-15,20H,3-5,11H2,1-2H3,(H,24,28)(H,25,26,27,29). The van der Waals surface area contributed by atoms with Crippen LogP contribution in [0.15, 0.2) is 64.6 Å². The Bertz CT molecular complexity index is 1010. The molecular weight excluding hydrogens is 460 g/mol. The van der Waals surface area contributed by atoms with Crippen molar-refractivity contribution in [2.24, 2.45) is 0 Å². The summed E-state index contributed by atoms with van der Waals surface area (Å²) >= 11 is 4.18. The van der Waals surface area contributed by atoms with Gasteiger partial charge in [-0.3, -0.25) is 14.9 Å². The number of hydrogen-bond donors (Lipinski definition) is 2. The quantitative estimate of drug-likeness (QED) is 0.312. The topological polar surface area (TPSA) is 84.0 Å². The van der Waals surface area contributed by atoms with Gasteiger partial charge in [0.2, 0.25) is 22.1 Å². The lowest BCUT2D eigenvalue weighted by molar-refractivity contribution is -0.116. The minimum Gasteiger partial charge on any atom is -0.326 e. The van der Waals surface area contributed by atoms with E-state index in [2.05, 4.69) is 26.9 Å². The van der Waals surface area contributed by atoms with E-state index in [9.17, 15) is 9.59 Å². The fourth-order valence-electron chi connectivity index (χ4n) is 2.83. The van der Waals surface area contributed by atoms with E-state index in [1.54, 1.807) is 11.8 Å². The second-order valence-electron chi connectivity index (χ2n) is 6.89. The lowest BCUT2D eigenvalue weighted by Crippen LogP contribution is -2.19. The van der Waals surface area contributed by atoms with Crippen molar-refractivity contribution in [1.29, 1.82) is 0 Å². The third-order valence-corrected chi connectivity index (χ3v) is 7.14. The van der Waals surface area contributed by atoms with Crippen molar-refractivity contribution < 1.29 is 9.59 Å². The average Bonchev–Trinajstić information content (AvgIpc) is 3.24. The second kappa shape index (κ2) is 12.6. The summed E-state index contributed by atoms with van der Waals surface area (Å²) in [5.41, 5.74) is 1.66. The number of aromatic nitrogens is 2. The van der Waals surface area contributed by atoms with Crippen LogP contribution in [-0.2, 0) is 9.59 Å². The molecule has 1 unspecified atom stereocenters. The Hall–Kier alpha value is -2.36. The third-order valence-electron chi connectivity index (χ3n) is 4.40. The molecule has 32 heavy (non-hydrogen) atoms. The summed E-state index contributed by atoms with van der Waals surface area (Å²) < 4.78 is 4.26. The Kier molecular flexibility index (Phi) is 9.58. The molecule has 3 aromatic rings. The zero-order valence-electron chi connectivity index (χ0n) is 18.0. The van der Waals surface area contributed by atoms with Crippen molar-refractivity contribution in [3.63, 3.8) is 0 Å². The molecule has 0 aliphatic carbocycles. The van der Waals surface area contributed by atoms with Gasteiger partial charge in [0, 0.05) is 28.5 Å². The highest BCUT2D eigenvalue weighted by Gasteiger charge is 2.23. The Morgan fingerprint density at radius 1 is 1.03 bits per heavy atom. The van der Waals surface area contributed by atoms with Crippen molar-refractivity contribution in [2.75, 3.05) is 16.4 Å². The molecule has 0 fully saturated rings. The van der Waals surface area contributed by atoms with Crippen molar-refractivity contribution in [3.8, 4) is 0 Å². The summed E-state index contributed by atoms with van der Waals surface area (Å²) in [5, 5.41) is 6.55. The first-order valence-electron chi connectivity index (χ1n) is 10.5. The fraction of sp³-hybridized carbons (Fsp3) is 0.304. The van der Waals surface area contributed by atoms with E-state index < -0.39 is 5.25 Å². The molecule has 3 rings (SSSR count). The minimum atomic E-state index is -0.452. The molecule has 2 aromatic carbocycles. The van der Waals surface area contributed by atoms with Gasteiger partial charge in [-0.2, -0.15) is 9.36 Å². The van der Waals surface area contributed by atoms with Gasteiger partial charge in [-0.15, -0.1) is 11.8 Å². The number of carbonyl (C=O) groups is 2. The number of carbonyl (C=O) groups excluding carboxylic acids is 2. The number of anilines is 2. The fourth-order valence-corrected chi connectivity index (χ4v) is 5.13. The second-order valence-corrected chi connectivity index (χ2v) is 10.1. The molecule has 1 aromatic heterocycles. The molecule has 0 spiro atoms. The normalized spacial score (nSPS) is 11.7. The van der Waals surface area contributed by atoms with Crippen LogP contribution < -0.4 is 10.6 Å². The molecule has 168 valence electrons. The number of thioether (sulfide) groups is 2. The number of benzene rings is 2. The molecule has 0 bridgehead atoms. The molecule has 0 aliphatic heterocycles. The minimum absolute atomic E-state index is 0.0199. The van der Waals surface area contributed by atoms with E-state index in [0.717, 1.165) is 34.7 Å². The van der Waals surface area contributed by atoms with Crippen LogP contribution in [0.1, 0.15) is 43.9 Å². The van der Waals surface area contributed by atoms with Gasteiger partial charge in [0.05, 0.1) is 0 Å². The Balaban J connectivity index is 1.70.